The lowest BCUT2D eigenvalue weighted by atomic mass is 10.0. The van der Waals surface area contributed by atoms with Crippen LogP contribution in [-0.4, -0.2) is 59.3 Å². The summed E-state index contributed by atoms with van der Waals surface area (Å²) in [5, 5.41) is 4.23. The van der Waals surface area contributed by atoms with E-state index in [0.717, 1.165) is 11.3 Å². The highest BCUT2D eigenvalue weighted by Crippen LogP contribution is 2.19. The van der Waals surface area contributed by atoms with Gasteiger partial charge in [-0.25, -0.2) is 4.39 Å². The minimum atomic E-state index is -0.553. The molecule has 0 aliphatic rings. The molecule has 0 aliphatic carbocycles. The number of hydrogen-bond donors (Lipinski definition) is 0. The minimum Gasteiger partial charge on any atom is -0.491 e. The van der Waals surface area contributed by atoms with Crippen LogP contribution in [-0.2, 0) is 16.1 Å². The van der Waals surface area contributed by atoms with Gasteiger partial charge < -0.3 is 19.3 Å². The van der Waals surface area contributed by atoms with E-state index in [1.165, 1.54) is 27.9 Å². The van der Waals surface area contributed by atoms with Crippen molar-refractivity contribution in [3.63, 3.8) is 0 Å². The SMILES string of the molecule is Cc1ccc(OCC(C)(C)N(C)C(=O)Cn2cc(N(C)C(=O)CCOc3ccccc3F)cn2)cc1. The van der Waals surface area contributed by atoms with Crippen molar-refractivity contribution in [3.05, 3.63) is 72.3 Å². The number of aromatic nitrogens is 2. The summed E-state index contributed by atoms with van der Waals surface area (Å²) < 4.78 is 26.4. The van der Waals surface area contributed by atoms with Crippen molar-refractivity contribution in [2.24, 2.45) is 0 Å². The molecule has 0 bridgehead atoms. The molecule has 0 saturated heterocycles. The number of nitrogens with zero attached hydrogens (tertiary/aromatic N) is 4. The molecule has 3 rings (SSSR count). The molecule has 0 fully saturated rings. The average Bonchev–Trinajstić information content (AvgIpc) is 3.32. The largest absolute Gasteiger partial charge is 0.491 e. The number of para-hydroxylation sites is 1. The van der Waals surface area contributed by atoms with Crippen LogP contribution >= 0.6 is 0 Å². The summed E-state index contributed by atoms with van der Waals surface area (Å²) in [6.45, 7) is 6.27. The van der Waals surface area contributed by atoms with Crippen molar-refractivity contribution in [2.75, 3.05) is 32.2 Å². The zero-order valence-corrected chi connectivity index (χ0v) is 21.4. The van der Waals surface area contributed by atoms with Gasteiger partial charge in [0.15, 0.2) is 11.6 Å². The number of anilines is 1. The Hall–Kier alpha value is -3.88. The number of halogens is 1. The highest BCUT2D eigenvalue weighted by atomic mass is 19.1. The van der Waals surface area contributed by atoms with E-state index in [-0.39, 0.29) is 37.1 Å². The van der Waals surface area contributed by atoms with Crippen molar-refractivity contribution in [3.8, 4) is 11.5 Å². The Morgan fingerprint density at radius 3 is 2.42 bits per heavy atom. The van der Waals surface area contributed by atoms with Gasteiger partial charge in [-0.2, -0.15) is 5.10 Å². The number of rotatable bonds is 11. The van der Waals surface area contributed by atoms with Gasteiger partial charge in [0.2, 0.25) is 11.8 Å². The molecular weight excluding hydrogens is 463 g/mol. The maximum atomic E-state index is 13.6. The molecule has 0 spiro atoms. The van der Waals surface area contributed by atoms with E-state index >= 15 is 0 Å². The highest BCUT2D eigenvalue weighted by Gasteiger charge is 2.29. The number of likely N-dealkylation sites (N-methyl/N-ethyl adjacent to an activating group) is 1. The zero-order valence-electron chi connectivity index (χ0n) is 21.4. The van der Waals surface area contributed by atoms with Gasteiger partial charge in [-0.05, 0) is 45.0 Å². The molecule has 0 atom stereocenters. The highest BCUT2D eigenvalue weighted by molar-refractivity contribution is 5.92. The van der Waals surface area contributed by atoms with Crippen LogP contribution in [0.15, 0.2) is 60.9 Å². The summed E-state index contributed by atoms with van der Waals surface area (Å²) in [4.78, 5) is 28.5. The molecule has 0 saturated carbocycles. The van der Waals surface area contributed by atoms with E-state index in [1.54, 1.807) is 37.3 Å². The van der Waals surface area contributed by atoms with E-state index in [9.17, 15) is 14.0 Å². The fourth-order valence-corrected chi connectivity index (χ4v) is 3.31. The molecule has 2 aromatic carbocycles. The number of carbonyl (C=O) groups is 2. The van der Waals surface area contributed by atoms with Gasteiger partial charge in [0.05, 0.1) is 30.5 Å². The zero-order chi connectivity index (χ0) is 26.3. The van der Waals surface area contributed by atoms with Crippen molar-refractivity contribution in [1.82, 2.24) is 14.7 Å². The van der Waals surface area contributed by atoms with Crippen LogP contribution in [0.5, 0.6) is 11.5 Å². The smallest absolute Gasteiger partial charge is 0.244 e. The van der Waals surface area contributed by atoms with Gasteiger partial charge in [0.25, 0.3) is 0 Å². The summed E-state index contributed by atoms with van der Waals surface area (Å²) in [6.07, 6.45) is 3.22. The summed E-state index contributed by atoms with van der Waals surface area (Å²) in [5.41, 5.74) is 1.14. The lowest BCUT2D eigenvalue weighted by Crippen LogP contribution is -2.50. The first-order chi connectivity index (χ1) is 17.1. The molecule has 2 amide bonds. The Kier molecular flexibility index (Phi) is 8.68. The molecule has 36 heavy (non-hydrogen) atoms. The van der Waals surface area contributed by atoms with Crippen LogP contribution in [0, 0.1) is 12.7 Å². The number of carbonyl (C=O) groups excluding carboxylic acids is 2. The number of hydrogen-bond acceptors (Lipinski definition) is 5. The summed E-state index contributed by atoms with van der Waals surface area (Å²) in [6, 6.07) is 13.8. The topological polar surface area (TPSA) is 76.9 Å². The third-order valence-corrected chi connectivity index (χ3v) is 5.98. The second-order valence-electron chi connectivity index (χ2n) is 9.24. The quantitative estimate of drug-likeness (QED) is 0.400. The van der Waals surface area contributed by atoms with E-state index in [1.807, 2.05) is 45.0 Å². The fraction of sp³-hybridized carbons (Fsp3) is 0.370. The molecule has 3 aromatic rings. The monoisotopic (exact) mass is 496 g/mol. The van der Waals surface area contributed by atoms with E-state index in [4.69, 9.17) is 9.47 Å². The van der Waals surface area contributed by atoms with E-state index < -0.39 is 11.4 Å². The van der Waals surface area contributed by atoms with Crippen LogP contribution < -0.4 is 14.4 Å². The first kappa shape index (κ1) is 26.7. The first-order valence-electron chi connectivity index (χ1n) is 11.7. The normalized spacial score (nSPS) is 11.2. The first-order valence-corrected chi connectivity index (χ1v) is 11.7. The van der Waals surface area contributed by atoms with Gasteiger partial charge in [0, 0.05) is 20.3 Å². The van der Waals surface area contributed by atoms with Crippen LogP contribution in [0.25, 0.3) is 0 Å². The molecule has 9 heteroatoms. The number of amides is 2. The molecule has 1 aromatic heterocycles. The minimum absolute atomic E-state index is 0.0168. The van der Waals surface area contributed by atoms with Crippen LogP contribution in [0.3, 0.4) is 0 Å². The molecule has 0 unspecified atom stereocenters. The molecule has 8 nitrogen and oxygen atoms in total. The van der Waals surface area contributed by atoms with E-state index in [0.29, 0.717) is 12.3 Å². The average molecular weight is 497 g/mol. The van der Waals surface area contributed by atoms with Crippen LogP contribution in [0.1, 0.15) is 25.8 Å². The van der Waals surface area contributed by atoms with Crippen molar-refractivity contribution >= 4 is 17.5 Å². The number of aryl methyl sites for hydroxylation is 1. The molecule has 192 valence electrons. The van der Waals surface area contributed by atoms with E-state index in [2.05, 4.69) is 5.10 Å². The molecule has 0 aliphatic heterocycles. The Balaban J connectivity index is 1.50. The third-order valence-electron chi connectivity index (χ3n) is 5.98. The lowest BCUT2D eigenvalue weighted by molar-refractivity contribution is -0.136. The van der Waals surface area contributed by atoms with Gasteiger partial charge in [0.1, 0.15) is 18.9 Å². The molecule has 1 heterocycles. The maximum Gasteiger partial charge on any atom is 0.244 e. The number of ether oxygens (including phenoxy) is 2. The Labute approximate surface area is 211 Å². The fourth-order valence-electron chi connectivity index (χ4n) is 3.31. The predicted molar refractivity (Wildman–Crippen MR) is 136 cm³/mol. The van der Waals surface area contributed by atoms with Gasteiger partial charge in [-0.3, -0.25) is 14.3 Å². The summed E-state index contributed by atoms with van der Waals surface area (Å²) in [7, 11) is 3.35. The second-order valence-corrected chi connectivity index (χ2v) is 9.24. The van der Waals surface area contributed by atoms with Crippen molar-refractivity contribution in [2.45, 2.75) is 39.3 Å². The Morgan fingerprint density at radius 2 is 1.72 bits per heavy atom. The molecule has 0 N–H and O–H groups in total. The Morgan fingerprint density at radius 1 is 1.03 bits per heavy atom. The number of benzene rings is 2. The summed E-state index contributed by atoms with van der Waals surface area (Å²) >= 11 is 0. The third kappa shape index (κ3) is 7.07. The van der Waals surface area contributed by atoms with Crippen LogP contribution in [0.4, 0.5) is 10.1 Å². The van der Waals surface area contributed by atoms with Crippen molar-refractivity contribution in [1.29, 1.82) is 0 Å². The molecule has 0 radical (unpaired) electrons. The van der Waals surface area contributed by atoms with Gasteiger partial charge in [-0.15, -0.1) is 0 Å². The standard InChI is InChI=1S/C27H33FN4O4/c1-20-10-12-22(13-11-20)36-19-27(2,3)31(5)26(34)18-32-17-21(16-29-32)30(4)25(33)14-15-35-24-9-7-6-8-23(24)28/h6-13,16-17H,14-15,18-19H2,1-5H3. The van der Waals surface area contributed by atoms with Crippen molar-refractivity contribution < 1.29 is 23.5 Å². The Bertz CT molecular complexity index is 1180. The summed E-state index contributed by atoms with van der Waals surface area (Å²) in [5.74, 6) is 0.0195. The second kappa shape index (κ2) is 11.7. The van der Waals surface area contributed by atoms with Gasteiger partial charge >= 0.3 is 0 Å². The van der Waals surface area contributed by atoms with Gasteiger partial charge in [-0.1, -0.05) is 29.8 Å². The predicted octanol–water partition coefficient (Wildman–Crippen LogP) is 4.08. The van der Waals surface area contributed by atoms with Crippen LogP contribution in [0.2, 0.25) is 0 Å². The maximum absolute atomic E-state index is 13.6. The lowest BCUT2D eigenvalue weighted by Gasteiger charge is -2.35. The molecular formula is C27H33FN4O4.